The Balaban J connectivity index is 2.08. The smallest absolute Gasteiger partial charge is 0.244 e. The molecule has 0 fully saturated rings. The molecule has 0 saturated carbocycles. The number of sulfonamides is 1. The molecule has 3 rings (SSSR count). The van der Waals surface area contributed by atoms with Crippen molar-refractivity contribution in [1.82, 2.24) is 10.2 Å². The van der Waals surface area contributed by atoms with Crippen LogP contribution in [-0.2, 0) is 32.6 Å². The van der Waals surface area contributed by atoms with Gasteiger partial charge in [0.2, 0.25) is 21.8 Å². The van der Waals surface area contributed by atoms with Crippen LogP contribution >= 0.6 is 0 Å². The first-order valence-electron chi connectivity index (χ1n) is 13.1. The minimum absolute atomic E-state index is 0.130. The van der Waals surface area contributed by atoms with E-state index in [-0.39, 0.29) is 18.9 Å². The van der Waals surface area contributed by atoms with Gasteiger partial charge in [0.05, 0.1) is 19.1 Å². The highest BCUT2D eigenvalue weighted by Crippen LogP contribution is 2.24. The molecule has 0 spiro atoms. The molecule has 0 saturated heterocycles. The number of methoxy groups -OCH3 is 1. The predicted molar refractivity (Wildman–Crippen MR) is 159 cm³/mol. The second-order valence-corrected chi connectivity index (χ2v) is 12.8. The summed E-state index contributed by atoms with van der Waals surface area (Å²) in [4.78, 5) is 29.4. The molecule has 0 bridgehead atoms. The first kappa shape index (κ1) is 30.7. The van der Waals surface area contributed by atoms with E-state index in [1.165, 1.54) is 12.0 Å². The molecule has 3 aromatic carbocycles. The van der Waals surface area contributed by atoms with Gasteiger partial charge in [-0.1, -0.05) is 66.2 Å². The van der Waals surface area contributed by atoms with Gasteiger partial charge in [-0.05, 0) is 51.0 Å². The van der Waals surface area contributed by atoms with Crippen LogP contribution in [0.5, 0.6) is 5.75 Å². The maximum atomic E-state index is 14.1. The van der Waals surface area contributed by atoms with Crippen LogP contribution in [-0.4, -0.2) is 56.6 Å². The van der Waals surface area contributed by atoms with E-state index in [0.29, 0.717) is 11.4 Å². The minimum atomic E-state index is -3.86. The normalized spacial score (nSPS) is 12.3. The Hall–Kier alpha value is -3.85. The van der Waals surface area contributed by atoms with E-state index in [0.717, 1.165) is 27.3 Å². The predicted octanol–water partition coefficient (Wildman–Crippen LogP) is 4.32. The largest absolute Gasteiger partial charge is 0.497 e. The number of rotatable bonds is 11. The zero-order valence-electron chi connectivity index (χ0n) is 24.0. The molecule has 214 valence electrons. The molecule has 0 radical (unpaired) electrons. The molecule has 1 atom stereocenters. The Labute approximate surface area is 238 Å². The Morgan fingerprint density at radius 1 is 0.925 bits per heavy atom. The van der Waals surface area contributed by atoms with Gasteiger partial charge in [-0.25, -0.2) is 8.42 Å². The van der Waals surface area contributed by atoms with Crippen molar-refractivity contribution < 1.29 is 22.7 Å². The van der Waals surface area contributed by atoms with E-state index in [9.17, 15) is 18.0 Å². The van der Waals surface area contributed by atoms with E-state index in [1.807, 2.05) is 82.3 Å². The van der Waals surface area contributed by atoms with E-state index >= 15 is 0 Å². The average Bonchev–Trinajstić information content (AvgIpc) is 2.88. The summed E-state index contributed by atoms with van der Waals surface area (Å²) < 4.78 is 32.1. The van der Waals surface area contributed by atoms with Crippen LogP contribution in [0, 0.1) is 6.92 Å². The monoisotopic (exact) mass is 565 g/mol. The molecule has 8 nitrogen and oxygen atoms in total. The summed E-state index contributed by atoms with van der Waals surface area (Å²) in [5.74, 6) is -0.355. The molecule has 0 heterocycles. The van der Waals surface area contributed by atoms with E-state index in [4.69, 9.17) is 4.74 Å². The summed E-state index contributed by atoms with van der Waals surface area (Å²) in [6, 6.07) is 22.8. The van der Waals surface area contributed by atoms with Crippen LogP contribution in [0.25, 0.3) is 0 Å². The van der Waals surface area contributed by atoms with E-state index in [2.05, 4.69) is 5.32 Å². The van der Waals surface area contributed by atoms with Crippen LogP contribution < -0.4 is 14.4 Å². The molecule has 1 unspecified atom stereocenters. The highest BCUT2D eigenvalue weighted by molar-refractivity contribution is 7.92. The molecule has 9 heteroatoms. The molecular weight excluding hydrogens is 526 g/mol. The number of ether oxygens (including phenoxy) is 1. The number of nitrogens with one attached hydrogen (secondary N) is 1. The maximum absolute atomic E-state index is 14.1. The van der Waals surface area contributed by atoms with Crippen molar-refractivity contribution >= 4 is 27.5 Å². The summed E-state index contributed by atoms with van der Waals surface area (Å²) in [6.45, 7) is 7.25. The Kier molecular flexibility index (Phi) is 9.98. The minimum Gasteiger partial charge on any atom is -0.497 e. The van der Waals surface area contributed by atoms with Crippen LogP contribution in [0.4, 0.5) is 5.69 Å². The standard InChI is InChI=1S/C31H39N3O5S/c1-23-12-10-15-25(18-23)21-33(28(30(36)32-31(2,3)4)19-24-13-8-7-9-14-24)29(35)22-34(40(6,37)38)26-16-11-17-27(20-26)39-5/h7-18,20,28H,19,21-22H2,1-6H3,(H,32,36). The molecule has 0 aliphatic heterocycles. The highest BCUT2D eigenvalue weighted by Gasteiger charge is 2.34. The fourth-order valence-electron chi connectivity index (χ4n) is 4.39. The van der Waals surface area contributed by atoms with Crippen molar-refractivity contribution in [2.45, 2.75) is 52.2 Å². The molecule has 0 aliphatic carbocycles. The van der Waals surface area contributed by atoms with Gasteiger partial charge in [0.1, 0.15) is 18.3 Å². The lowest BCUT2D eigenvalue weighted by molar-refractivity contribution is -0.140. The maximum Gasteiger partial charge on any atom is 0.244 e. The van der Waals surface area contributed by atoms with Crippen LogP contribution in [0.3, 0.4) is 0 Å². The number of carbonyl (C=O) groups excluding carboxylic acids is 2. The second kappa shape index (κ2) is 13.0. The molecule has 40 heavy (non-hydrogen) atoms. The van der Waals surface area contributed by atoms with Crippen molar-refractivity contribution in [3.63, 3.8) is 0 Å². The lowest BCUT2D eigenvalue weighted by Gasteiger charge is -2.35. The molecule has 0 aromatic heterocycles. The Morgan fingerprint density at radius 2 is 1.57 bits per heavy atom. The topological polar surface area (TPSA) is 96.0 Å². The number of hydrogen-bond acceptors (Lipinski definition) is 5. The fraction of sp³-hybridized carbons (Fsp3) is 0.355. The third-order valence-electron chi connectivity index (χ3n) is 6.23. The van der Waals surface area contributed by atoms with Gasteiger partial charge in [0.15, 0.2) is 0 Å². The fourth-order valence-corrected chi connectivity index (χ4v) is 5.23. The third-order valence-corrected chi connectivity index (χ3v) is 7.37. The van der Waals surface area contributed by atoms with Gasteiger partial charge in [0.25, 0.3) is 0 Å². The number of nitrogens with zero attached hydrogens (tertiary/aromatic N) is 2. The molecule has 0 aliphatic rings. The van der Waals surface area contributed by atoms with Crippen LogP contribution in [0.15, 0.2) is 78.9 Å². The Bertz CT molecular complexity index is 1420. The van der Waals surface area contributed by atoms with E-state index < -0.39 is 34.1 Å². The number of benzene rings is 3. The first-order chi connectivity index (χ1) is 18.8. The van der Waals surface area contributed by atoms with Gasteiger partial charge in [0, 0.05) is 24.6 Å². The van der Waals surface area contributed by atoms with Crippen molar-refractivity contribution in [3.05, 3.63) is 95.6 Å². The quantitative estimate of drug-likeness (QED) is 0.374. The molecule has 1 N–H and O–H groups in total. The van der Waals surface area contributed by atoms with Gasteiger partial charge < -0.3 is 15.0 Å². The van der Waals surface area contributed by atoms with Gasteiger partial charge in [-0.15, -0.1) is 0 Å². The summed E-state index contributed by atoms with van der Waals surface area (Å²) in [6.07, 6.45) is 1.32. The van der Waals surface area contributed by atoms with Crippen molar-refractivity contribution in [1.29, 1.82) is 0 Å². The second-order valence-electron chi connectivity index (χ2n) is 10.9. The van der Waals surface area contributed by atoms with Gasteiger partial charge in [-0.2, -0.15) is 0 Å². The third kappa shape index (κ3) is 8.84. The van der Waals surface area contributed by atoms with Gasteiger partial charge >= 0.3 is 0 Å². The molecular formula is C31H39N3O5S. The van der Waals surface area contributed by atoms with E-state index in [1.54, 1.807) is 24.3 Å². The number of hydrogen-bond donors (Lipinski definition) is 1. The lowest BCUT2D eigenvalue weighted by Crippen LogP contribution is -2.56. The zero-order chi connectivity index (χ0) is 29.5. The number of aryl methyl sites for hydroxylation is 1. The Morgan fingerprint density at radius 3 is 2.17 bits per heavy atom. The zero-order valence-corrected chi connectivity index (χ0v) is 24.9. The van der Waals surface area contributed by atoms with Crippen molar-refractivity contribution in [2.75, 3.05) is 24.2 Å². The van der Waals surface area contributed by atoms with Crippen LogP contribution in [0.1, 0.15) is 37.5 Å². The summed E-state index contributed by atoms with van der Waals surface area (Å²) in [5, 5.41) is 3.02. The van der Waals surface area contributed by atoms with Crippen LogP contribution in [0.2, 0.25) is 0 Å². The molecule has 3 aromatic rings. The average molecular weight is 566 g/mol. The number of anilines is 1. The summed E-state index contributed by atoms with van der Waals surface area (Å²) in [5.41, 5.74) is 2.49. The first-order valence-corrected chi connectivity index (χ1v) is 14.9. The van der Waals surface area contributed by atoms with Crippen molar-refractivity contribution in [2.24, 2.45) is 0 Å². The number of carbonyl (C=O) groups is 2. The summed E-state index contributed by atoms with van der Waals surface area (Å²) in [7, 11) is -2.37. The van der Waals surface area contributed by atoms with Gasteiger partial charge in [-0.3, -0.25) is 13.9 Å². The molecule has 2 amide bonds. The lowest BCUT2D eigenvalue weighted by atomic mass is 10.0. The number of amides is 2. The van der Waals surface area contributed by atoms with Crippen molar-refractivity contribution in [3.8, 4) is 5.75 Å². The highest BCUT2D eigenvalue weighted by atomic mass is 32.2. The SMILES string of the molecule is COc1cccc(N(CC(=O)N(Cc2cccc(C)c2)C(Cc2ccccc2)C(=O)NC(C)(C)C)S(C)(=O)=O)c1. The summed E-state index contributed by atoms with van der Waals surface area (Å²) >= 11 is 0.